The molecule has 1 N–H and O–H groups in total. The van der Waals surface area contributed by atoms with E-state index in [1.807, 2.05) is 27.7 Å². The van der Waals surface area contributed by atoms with Gasteiger partial charge < -0.3 is 15.0 Å². The van der Waals surface area contributed by atoms with Gasteiger partial charge in [-0.1, -0.05) is 11.6 Å². The number of hydrogen-bond donors (Lipinski definition) is 1. The third-order valence-corrected chi connectivity index (χ3v) is 3.77. The van der Waals surface area contributed by atoms with Gasteiger partial charge in [-0.3, -0.25) is 0 Å². The van der Waals surface area contributed by atoms with Crippen LogP contribution in [0.1, 0.15) is 45.7 Å². The van der Waals surface area contributed by atoms with Crippen molar-refractivity contribution in [3.63, 3.8) is 0 Å². The Morgan fingerprint density at radius 1 is 1.43 bits per heavy atom. The molecule has 1 saturated heterocycles. The summed E-state index contributed by atoms with van der Waals surface area (Å²) in [5.41, 5.74) is 0.319. The standard InChI is InChI=1S/C16H25ClN4O2/c1-11-9-13(17)20-14(19-11)18-10-12-7-5-6-8-21(12)15(22)23-16(2,3)4/h9,12H,5-8,10H2,1-4H3,(H,18,19,20)/t12-/m0/s1. The number of halogens is 1. The predicted octanol–water partition coefficient (Wildman–Crippen LogP) is 3.64. The number of nitrogens with one attached hydrogen (secondary N) is 1. The van der Waals surface area contributed by atoms with Crippen molar-refractivity contribution in [1.82, 2.24) is 14.9 Å². The minimum absolute atomic E-state index is 0.0708. The summed E-state index contributed by atoms with van der Waals surface area (Å²) in [5.74, 6) is 0.490. The predicted molar refractivity (Wildman–Crippen MR) is 90.8 cm³/mol. The molecule has 1 fully saturated rings. The fourth-order valence-corrected chi connectivity index (χ4v) is 2.83. The second-order valence-electron chi connectivity index (χ2n) is 6.86. The van der Waals surface area contributed by atoms with Crippen molar-refractivity contribution < 1.29 is 9.53 Å². The van der Waals surface area contributed by atoms with E-state index in [-0.39, 0.29) is 12.1 Å². The first kappa shape index (κ1) is 17.8. The number of piperidine rings is 1. The monoisotopic (exact) mass is 340 g/mol. The number of amides is 1. The Hall–Kier alpha value is -1.56. The third-order valence-electron chi connectivity index (χ3n) is 3.57. The fourth-order valence-electron chi connectivity index (χ4n) is 2.59. The highest BCUT2D eigenvalue weighted by Gasteiger charge is 2.30. The molecule has 0 aromatic carbocycles. The number of anilines is 1. The molecule has 1 aromatic rings. The Morgan fingerprint density at radius 2 is 2.17 bits per heavy atom. The van der Waals surface area contributed by atoms with Gasteiger partial charge in [0, 0.05) is 18.8 Å². The summed E-state index contributed by atoms with van der Waals surface area (Å²) in [5, 5.41) is 3.60. The molecule has 1 atom stereocenters. The summed E-state index contributed by atoms with van der Waals surface area (Å²) in [4.78, 5) is 22.6. The van der Waals surface area contributed by atoms with Gasteiger partial charge in [-0.15, -0.1) is 0 Å². The minimum Gasteiger partial charge on any atom is -0.444 e. The molecular weight excluding hydrogens is 316 g/mol. The number of rotatable bonds is 3. The van der Waals surface area contributed by atoms with Crippen molar-refractivity contribution >= 4 is 23.6 Å². The van der Waals surface area contributed by atoms with Crippen LogP contribution in [-0.2, 0) is 4.74 Å². The van der Waals surface area contributed by atoms with Gasteiger partial charge in [0.15, 0.2) is 0 Å². The van der Waals surface area contributed by atoms with E-state index in [2.05, 4.69) is 15.3 Å². The van der Waals surface area contributed by atoms with E-state index in [0.717, 1.165) is 31.5 Å². The molecule has 0 aliphatic carbocycles. The molecule has 7 heteroatoms. The van der Waals surface area contributed by atoms with Crippen LogP contribution in [0.5, 0.6) is 0 Å². The number of carbonyl (C=O) groups is 1. The van der Waals surface area contributed by atoms with Crippen LogP contribution in [0.3, 0.4) is 0 Å². The summed E-state index contributed by atoms with van der Waals surface area (Å²) >= 11 is 5.95. The smallest absolute Gasteiger partial charge is 0.410 e. The van der Waals surface area contributed by atoms with Gasteiger partial charge >= 0.3 is 6.09 Å². The Morgan fingerprint density at radius 3 is 2.83 bits per heavy atom. The second-order valence-corrected chi connectivity index (χ2v) is 7.25. The van der Waals surface area contributed by atoms with Crippen LogP contribution in [0, 0.1) is 6.92 Å². The number of aryl methyl sites for hydroxylation is 1. The lowest BCUT2D eigenvalue weighted by molar-refractivity contribution is 0.0114. The third kappa shape index (κ3) is 5.53. The Kier molecular flexibility index (Phi) is 5.68. The normalized spacial score (nSPS) is 18.7. The van der Waals surface area contributed by atoms with E-state index in [0.29, 0.717) is 17.6 Å². The maximum absolute atomic E-state index is 12.4. The SMILES string of the molecule is Cc1cc(Cl)nc(NC[C@@H]2CCCCN2C(=O)OC(C)(C)C)n1. The molecule has 0 saturated carbocycles. The summed E-state index contributed by atoms with van der Waals surface area (Å²) < 4.78 is 5.50. The minimum atomic E-state index is -0.486. The average molecular weight is 341 g/mol. The highest BCUT2D eigenvalue weighted by molar-refractivity contribution is 6.29. The van der Waals surface area contributed by atoms with Crippen LogP contribution in [0.15, 0.2) is 6.07 Å². The number of nitrogens with zero attached hydrogens (tertiary/aromatic N) is 3. The average Bonchev–Trinajstić information content (AvgIpc) is 2.42. The maximum atomic E-state index is 12.4. The Balaban J connectivity index is 1.99. The van der Waals surface area contributed by atoms with Gasteiger partial charge in [0.25, 0.3) is 0 Å². The summed E-state index contributed by atoms with van der Waals surface area (Å²) in [6.45, 7) is 8.81. The van der Waals surface area contributed by atoms with E-state index in [4.69, 9.17) is 16.3 Å². The second kappa shape index (κ2) is 7.34. The zero-order valence-corrected chi connectivity index (χ0v) is 15.0. The van der Waals surface area contributed by atoms with Crippen LogP contribution < -0.4 is 5.32 Å². The summed E-state index contributed by atoms with van der Waals surface area (Å²) in [6, 6.07) is 1.78. The molecular formula is C16H25ClN4O2. The molecule has 0 spiro atoms. The van der Waals surface area contributed by atoms with E-state index in [1.54, 1.807) is 11.0 Å². The van der Waals surface area contributed by atoms with E-state index >= 15 is 0 Å². The molecule has 23 heavy (non-hydrogen) atoms. The van der Waals surface area contributed by atoms with Crippen molar-refractivity contribution in [3.8, 4) is 0 Å². The highest BCUT2D eigenvalue weighted by atomic mass is 35.5. The number of likely N-dealkylation sites (tertiary alicyclic amines) is 1. The van der Waals surface area contributed by atoms with Gasteiger partial charge in [0.2, 0.25) is 5.95 Å². The summed E-state index contributed by atoms with van der Waals surface area (Å²) in [6.07, 6.45) is 2.78. The molecule has 0 unspecified atom stereocenters. The van der Waals surface area contributed by atoms with Crippen molar-refractivity contribution in [3.05, 3.63) is 16.9 Å². The van der Waals surface area contributed by atoms with Gasteiger partial charge in [0.1, 0.15) is 10.8 Å². The highest BCUT2D eigenvalue weighted by Crippen LogP contribution is 2.21. The lowest BCUT2D eigenvalue weighted by Gasteiger charge is -2.36. The lowest BCUT2D eigenvalue weighted by Crippen LogP contribution is -2.49. The zero-order chi connectivity index (χ0) is 17.0. The van der Waals surface area contributed by atoms with Crippen LogP contribution in [0.2, 0.25) is 5.15 Å². The number of hydrogen-bond acceptors (Lipinski definition) is 5. The lowest BCUT2D eigenvalue weighted by atomic mass is 10.0. The molecule has 1 amide bonds. The maximum Gasteiger partial charge on any atom is 0.410 e. The Labute approximate surface area is 142 Å². The summed E-state index contributed by atoms with van der Waals surface area (Å²) in [7, 11) is 0. The molecule has 0 bridgehead atoms. The van der Waals surface area contributed by atoms with E-state index in [9.17, 15) is 4.79 Å². The first-order valence-electron chi connectivity index (χ1n) is 7.99. The number of ether oxygens (including phenoxy) is 1. The topological polar surface area (TPSA) is 67.4 Å². The van der Waals surface area contributed by atoms with E-state index in [1.165, 1.54) is 0 Å². The molecule has 2 rings (SSSR count). The first-order chi connectivity index (χ1) is 10.7. The zero-order valence-electron chi connectivity index (χ0n) is 14.2. The fraction of sp³-hybridized carbons (Fsp3) is 0.688. The van der Waals surface area contributed by atoms with Crippen LogP contribution in [0.25, 0.3) is 0 Å². The van der Waals surface area contributed by atoms with Crippen molar-refractivity contribution in [2.24, 2.45) is 0 Å². The Bertz CT molecular complexity index is 539. The van der Waals surface area contributed by atoms with Crippen molar-refractivity contribution in [2.75, 3.05) is 18.4 Å². The van der Waals surface area contributed by atoms with E-state index < -0.39 is 5.60 Å². The molecule has 1 aliphatic rings. The van der Waals surface area contributed by atoms with Crippen LogP contribution in [-0.4, -0.2) is 45.7 Å². The molecule has 128 valence electrons. The number of aromatic nitrogens is 2. The van der Waals surface area contributed by atoms with Crippen molar-refractivity contribution in [2.45, 2.75) is 58.6 Å². The molecule has 2 heterocycles. The van der Waals surface area contributed by atoms with Crippen LogP contribution >= 0.6 is 11.6 Å². The molecule has 0 radical (unpaired) electrons. The van der Waals surface area contributed by atoms with Crippen molar-refractivity contribution in [1.29, 1.82) is 0 Å². The van der Waals surface area contributed by atoms with Gasteiger partial charge in [-0.2, -0.15) is 0 Å². The molecule has 6 nitrogen and oxygen atoms in total. The number of carbonyl (C=O) groups excluding carboxylic acids is 1. The van der Waals surface area contributed by atoms with Gasteiger partial charge in [-0.25, -0.2) is 14.8 Å². The molecule has 1 aromatic heterocycles. The van der Waals surface area contributed by atoms with Crippen LogP contribution in [0.4, 0.5) is 10.7 Å². The first-order valence-corrected chi connectivity index (χ1v) is 8.37. The van der Waals surface area contributed by atoms with Gasteiger partial charge in [0.05, 0.1) is 6.04 Å². The molecule has 1 aliphatic heterocycles. The largest absolute Gasteiger partial charge is 0.444 e. The quantitative estimate of drug-likeness (QED) is 0.851. The van der Waals surface area contributed by atoms with Gasteiger partial charge in [-0.05, 0) is 53.0 Å².